The van der Waals surface area contributed by atoms with Crippen LogP contribution in [0.2, 0.25) is 0 Å². The third kappa shape index (κ3) is 4.70. The van der Waals surface area contributed by atoms with Gasteiger partial charge in [0, 0.05) is 9.13 Å². The van der Waals surface area contributed by atoms with E-state index in [1.807, 2.05) is 19.1 Å². The molecule has 0 fully saturated rings. The van der Waals surface area contributed by atoms with Gasteiger partial charge in [0.05, 0.1) is 6.04 Å². The third-order valence-electron chi connectivity index (χ3n) is 2.81. The zero-order valence-electron chi connectivity index (χ0n) is 11.5. The quantitative estimate of drug-likeness (QED) is 0.781. The highest BCUT2D eigenvalue weighted by atomic mass is 127. The van der Waals surface area contributed by atoms with Gasteiger partial charge in [0.15, 0.2) is 11.6 Å². The molecule has 0 heterocycles. The molecule has 0 saturated heterocycles. The Kier molecular flexibility index (Phi) is 5.55. The summed E-state index contributed by atoms with van der Waals surface area (Å²) in [5.74, 6) is -0.391. The van der Waals surface area contributed by atoms with Gasteiger partial charge < -0.3 is 10.1 Å². The van der Waals surface area contributed by atoms with Crippen molar-refractivity contribution in [2.75, 3.05) is 6.61 Å². The maximum absolute atomic E-state index is 13.4. The van der Waals surface area contributed by atoms with Crippen LogP contribution in [0.4, 0.5) is 4.39 Å². The first-order valence-corrected chi connectivity index (χ1v) is 7.58. The van der Waals surface area contributed by atoms with Gasteiger partial charge >= 0.3 is 0 Å². The standard InChI is InChI=1S/C16H15FINO2/c1-11(10-21-15-5-3-2-4-14(15)17)19-16(20)12-6-8-13(18)9-7-12/h2-9,11H,10H2,1H3,(H,19,20). The Labute approximate surface area is 136 Å². The molecule has 0 aliphatic carbocycles. The molecule has 0 radical (unpaired) electrons. The van der Waals surface area contributed by atoms with Crippen molar-refractivity contribution in [3.63, 3.8) is 0 Å². The average molecular weight is 399 g/mol. The molecule has 1 atom stereocenters. The maximum atomic E-state index is 13.4. The van der Waals surface area contributed by atoms with E-state index < -0.39 is 5.82 Å². The Morgan fingerprint density at radius 2 is 1.90 bits per heavy atom. The SMILES string of the molecule is CC(COc1ccccc1F)NC(=O)c1ccc(I)cc1. The molecule has 0 aliphatic rings. The summed E-state index contributed by atoms with van der Waals surface area (Å²) >= 11 is 2.18. The molecule has 2 aromatic rings. The van der Waals surface area contributed by atoms with Gasteiger partial charge in [-0.2, -0.15) is 0 Å². The van der Waals surface area contributed by atoms with Gasteiger partial charge in [-0.05, 0) is 65.9 Å². The summed E-state index contributed by atoms with van der Waals surface area (Å²) in [6.45, 7) is 2.02. The number of hydrogen-bond acceptors (Lipinski definition) is 2. The Balaban J connectivity index is 1.87. The van der Waals surface area contributed by atoms with E-state index in [9.17, 15) is 9.18 Å². The summed E-state index contributed by atoms with van der Waals surface area (Å²) in [5.41, 5.74) is 0.591. The fraction of sp³-hybridized carbons (Fsp3) is 0.188. The van der Waals surface area contributed by atoms with Crippen molar-refractivity contribution >= 4 is 28.5 Å². The van der Waals surface area contributed by atoms with Crippen LogP contribution in [0, 0.1) is 9.39 Å². The number of carbonyl (C=O) groups is 1. The molecule has 3 nitrogen and oxygen atoms in total. The lowest BCUT2D eigenvalue weighted by Crippen LogP contribution is -2.36. The molecule has 0 bridgehead atoms. The van der Waals surface area contributed by atoms with E-state index in [2.05, 4.69) is 27.9 Å². The second-order valence-electron chi connectivity index (χ2n) is 4.62. The highest BCUT2D eigenvalue weighted by Gasteiger charge is 2.11. The smallest absolute Gasteiger partial charge is 0.251 e. The average Bonchev–Trinajstić information content (AvgIpc) is 2.47. The van der Waals surface area contributed by atoms with Crippen LogP contribution in [0.15, 0.2) is 48.5 Å². The van der Waals surface area contributed by atoms with Gasteiger partial charge in [-0.25, -0.2) is 4.39 Å². The number of amides is 1. The van der Waals surface area contributed by atoms with Gasteiger partial charge in [-0.1, -0.05) is 12.1 Å². The Bertz CT molecular complexity index is 616. The molecule has 2 rings (SSSR count). The maximum Gasteiger partial charge on any atom is 0.251 e. The predicted molar refractivity (Wildman–Crippen MR) is 88.0 cm³/mol. The molecule has 0 saturated carbocycles. The van der Waals surface area contributed by atoms with Crippen molar-refractivity contribution in [2.45, 2.75) is 13.0 Å². The van der Waals surface area contributed by atoms with Crippen LogP contribution >= 0.6 is 22.6 Å². The Morgan fingerprint density at radius 1 is 1.24 bits per heavy atom. The largest absolute Gasteiger partial charge is 0.488 e. The lowest BCUT2D eigenvalue weighted by atomic mass is 10.2. The fourth-order valence-corrected chi connectivity index (χ4v) is 2.09. The van der Waals surface area contributed by atoms with Gasteiger partial charge in [0.25, 0.3) is 5.91 Å². The van der Waals surface area contributed by atoms with Gasteiger partial charge in [-0.3, -0.25) is 4.79 Å². The minimum Gasteiger partial charge on any atom is -0.488 e. The zero-order valence-corrected chi connectivity index (χ0v) is 13.6. The first-order chi connectivity index (χ1) is 10.1. The number of hydrogen-bond donors (Lipinski definition) is 1. The topological polar surface area (TPSA) is 38.3 Å². The Hall–Kier alpha value is -1.63. The lowest BCUT2D eigenvalue weighted by molar-refractivity contribution is 0.0926. The van der Waals surface area contributed by atoms with E-state index in [0.717, 1.165) is 3.57 Å². The van der Waals surface area contributed by atoms with Crippen LogP contribution in [0.25, 0.3) is 0 Å². The normalized spacial score (nSPS) is 11.8. The van der Waals surface area contributed by atoms with Crippen LogP contribution in [0.1, 0.15) is 17.3 Å². The van der Waals surface area contributed by atoms with E-state index in [1.54, 1.807) is 30.3 Å². The number of benzene rings is 2. The molecule has 0 aromatic heterocycles. The molecule has 1 N–H and O–H groups in total. The molecule has 1 unspecified atom stereocenters. The van der Waals surface area contributed by atoms with Gasteiger partial charge in [0.2, 0.25) is 0 Å². The molecule has 0 spiro atoms. The summed E-state index contributed by atoms with van der Waals surface area (Å²) in [5, 5.41) is 2.82. The minimum atomic E-state index is -0.409. The van der Waals surface area contributed by atoms with Crippen molar-refractivity contribution in [3.05, 3.63) is 63.5 Å². The molecule has 1 amide bonds. The van der Waals surface area contributed by atoms with Crippen LogP contribution in [0.3, 0.4) is 0 Å². The van der Waals surface area contributed by atoms with Crippen molar-refractivity contribution < 1.29 is 13.9 Å². The monoisotopic (exact) mass is 399 g/mol. The third-order valence-corrected chi connectivity index (χ3v) is 3.53. The van der Waals surface area contributed by atoms with E-state index in [1.165, 1.54) is 6.07 Å². The summed E-state index contributed by atoms with van der Waals surface area (Å²) < 4.78 is 19.8. The van der Waals surface area contributed by atoms with E-state index in [4.69, 9.17) is 4.74 Å². The highest BCUT2D eigenvalue weighted by molar-refractivity contribution is 14.1. The van der Waals surface area contributed by atoms with Crippen molar-refractivity contribution in [2.24, 2.45) is 0 Å². The van der Waals surface area contributed by atoms with E-state index in [-0.39, 0.29) is 24.3 Å². The fourth-order valence-electron chi connectivity index (χ4n) is 1.73. The summed E-state index contributed by atoms with van der Waals surface area (Å²) in [4.78, 5) is 12.0. The first-order valence-electron chi connectivity index (χ1n) is 6.50. The summed E-state index contributed by atoms with van der Waals surface area (Å²) in [6, 6.07) is 13.2. The van der Waals surface area contributed by atoms with Crippen LogP contribution in [-0.2, 0) is 0 Å². The molecular weight excluding hydrogens is 384 g/mol. The molecule has 5 heteroatoms. The number of carbonyl (C=O) groups excluding carboxylic acids is 1. The number of rotatable bonds is 5. The predicted octanol–water partition coefficient (Wildman–Crippen LogP) is 3.63. The first kappa shape index (κ1) is 15.8. The van der Waals surface area contributed by atoms with Crippen LogP contribution in [-0.4, -0.2) is 18.6 Å². The summed E-state index contributed by atoms with van der Waals surface area (Å²) in [7, 11) is 0. The second kappa shape index (κ2) is 7.40. The van der Waals surface area contributed by atoms with Crippen molar-refractivity contribution in [1.29, 1.82) is 0 Å². The minimum absolute atomic E-state index is 0.170. The molecule has 110 valence electrons. The van der Waals surface area contributed by atoms with Crippen molar-refractivity contribution in [1.82, 2.24) is 5.32 Å². The van der Waals surface area contributed by atoms with Crippen molar-refractivity contribution in [3.8, 4) is 5.75 Å². The number of nitrogens with one attached hydrogen (secondary N) is 1. The second-order valence-corrected chi connectivity index (χ2v) is 5.87. The molecule has 0 aliphatic heterocycles. The van der Waals surface area contributed by atoms with Crippen LogP contribution < -0.4 is 10.1 Å². The zero-order chi connectivity index (χ0) is 15.2. The number of para-hydroxylation sites is 1. The molecule has 21 heavy (non-hydrogen) atoms. The van der Waals surface area contributed by atoms with Gasteiger partial charge in [-0.15, -0.1) is 0 Å². The van der Waals surface area contributed by atoms with Crippen LogP contribution in [0.5, 0.6) is 5.75 Å². The number of halogens is 2. The molecule has 2 aromatic carbocycles. The number of ether oxygens (including phenoxy) is 1. The highest BCUT2D eigenvalue weighted by Crippen LogP contribution is 2.15. The van der Waals surface area contributed by atoms with Gasteiger partial charge in [0.1, 0.15) is 6.61 Å². The van der Waals surface area contributed by atoms with E-state index >= 15 is 0 Å². The molecular formula is C16H15FINO2. The van der Waals surface area contributed by atoms with E-state index in [0.29, 0.717) is 5.56 Å². The lowest BCUT2D eigenvalue weighted by Gasteiger charge is -2.15. The Morgan fingerprint density at radius 3 is 2.57 bits per heavy atom. The summed E-state index contributed by atoms with van der Waals surface area (Å²) in [6.07, 6.45) is 0.